The SMILES string of the molecule is N#Cc1cccc(Oc2ccc(-n3ncc(C(=O)c4cc5cc(C=O)ccc5[nH]4)c3N)cc2)c1. The summed E-state index contributed by atoms with van der Waals surface area (Å²) in [5.74, 6) is 1.03. The minimum absolute atomic E-state index is 0.202. The van der Waals surface area contributed by atoms with Crippen LogP contribution in [0.2, 0.25) is 0 Å². The molecule has 3 aromatic carbocycles. The Balaban J connectivity index is 1.38. The molecule has 0 saturated heterocycles. The Kier molecular flexibility index (Phi) is 5.13. The van der Waals surface area contributed by atoms with Crippen molar-refractivity contribution in [1.82, 2.24) is 14.8 Å². The molecule has 0 saturated carbocycles. The highest BCUT2D eigenvalue weighted by Crippen LogP contribution is 2.26. The monoisotopic (exact) mass is 447 g/mol. The molecule has 34 heavy (non-hydrogen) atoms. The van der Waals surface area contributed by atoms with Crippen LogP contribution < -0.4 is 10.5 Å². The van der Waals surface area contributed by atoms with Crippen LogP contribution in [0.4, 0.5) is 5.82 Å². The standard InChI is InChI=1S/C26H17N5O3/c27-13-16-2-1-3-21(11-16)34-20-7-5-19(6-8-20)31-26(28)22(14-29-31)25(33)24-12-18-10-17(15-32)4-9-23(18)30-24/h1-12,14-15,30H,28H2. The lowest BCUT2D eigenvalue weighted by atomic mass is 10.1. The van der Waals surface area contributed by atoms with Crippen molar-refractivity contribution in [1.29, 1.82) is 5.26 Å². The minimum atomic E-state index is -0.301. The number of fused-ring (bicyclic) bond motifs is 1. The van der Waals surface area contributed by atoms with E-state index < -0.39 is 0 Å². The molecule has 8 nitrogen and oxygen atoms in total. The molecule has 0 aliphatic carbocycles. The second-order valence-electron chi connectivity index (χ2n) is 7.57. The Hall–Kier alpha value is -5.16. The molecule has 5 aromatic rings. The summed E-state index contributed by atoms with van der Waals surface area (Å²) in [5, 5.41) is 14.1. The molecule has 0 radical (unpaired) electrons. The Morgan fingerprint density at radius 2 is 1.88 bits per heavy atom. The fraction of sp³-hybridized carbons (Fsp3) is 0. The van der Waals surface area contributed by atoms with E-state index in [2.05, 4.69) is 16.2 Å². The van der Waals surface area contributed by atoms with Gasteiger partial charge in [-0.05, 0) is 66.7 Å². The lowest BCUT2D eigenvalue weighted by Crippen LogP contribution is -2.07. The third kappa shape index (κ3) is 3.78. The van der Waals surface area contributed by atoms with Crippen molar-refractivity contribution in [2.45, 2.75) is 0 Å². The lowest BCUT2D eigenvalue weighted by Gasteiger charge is -2.08. The van der Waals surface area contributed by atoms with Crippen molar-refractivity contribution in [3.05, 3.63) is 101 Å². The number of anilines is 1. The van der Waals surface area contributed by atoms with E-state index in [1.54, 1.807) is 72.8 Å². The van der Waals surface area contributed by atoms with Crippen LogP contribution in [0.3, 0.4) is 0 Å². The van der Waals surface area contributed by atoms with Crippen LogP contribution in [0, 0.1) is 11.3 Å². The van der Waals surface area contributed by atoms with E-state index in [0.717, 1.165) is 17.2 Å². The number of ketones is 1. The van der Waals surface area contributed by atoms with Gasteiger partial charge in [0.25, 0.3) is 0 Å². The first-order chi connectivity index (χ1) is 16.6. The Morgan fingerprint density at radius 3 is 2.65 bits per heavy atom. The summed E-state index contributed by atoms with van der Waals surface area (Å²) in [6.45, 7) is 0. The molecule has 0 amide bonds. The number of rotatable bonds is 6. The molecule has 0 unspecified atom stereocenters. The van der Waals surface area contributed by atoms with Crippen LogP contribution >= 0.6 is 0 Å². The summed E-state index contributed by atoms with van der Waals surface area (Å²) in [6.07, 6.45) is 2.19. The van der Waals surface area contributed by atoms with E-state index in [-0.39, 0.29) is 17.2 Å². The third-order valence-corrected chi connectivity index (χ3v) is 5.36. The molecule has 0 aliphatic rings. The molecule has 5 rings (SSSR count). The van der Waals surface area contributed by atoms with E-state index >= 15 is 0 Å². The Labute approximate surface area is 193 Å². The normalized spacial score (nSPS) is 10.7. The Bertz CT molecular complexity index is 1590. The van der Waals surface area contributed by atoms with Gasteiger partial charge in [-0.1, -0.05) is 6.07 Å². The molecule has 2 aromatic heterocycles. The highest BCUT2D eigenvalue weighted by Gasteiger charge is 2.19. The van der Waals surface area contributed by atoms with E-state index in [9.17, 15) is 9.59 Å². The Morgan fingerprint density at radius 1 is 1.06 bits per heavy atom. The van der Waals surface area contributed by atoms with Crippen molar-refractivity contribution >= 4 is 28.8 Å². The summed E-state index contributed by atoms with van der Waals surface area (Å²) >= 11 is 0. The first kappa shape index (κ1) is 20.7. The van der Waals surface area contributed by atoms with Crippen molar-refractivity contribution in [2.24, 2.45) is 0 Å². The summed E-state index contributed by atoms with van der Waals surface area (Å²) in [4.78, 5) is 27.1. The van der Waals surface area contributed by atoms with Crippen molar-refractivity contribution in [3.8, 4) is 23.3 Å². The summed E-state index contributed by atoms with van der Waals surface area (Å²) in [7, 11) is 0. The summed E-state index contributed by atoms with van der Waals surface area (Å²) in [5.41, 5.74) is 9.32. The third-order valence-electron chi connectivity index (χ3n) is 5.36. The highest BCUT2D eigenvalue weighted by atomic mass is 16.5. The van der Waals surface area contributed by atoms with E-state index in [1.807, 2.05) is 0 Å². The number of hydrogen-bond donors (Lipinski definition) is 2. The van der Waals surface area contributed by atoms with Crippen LogP contribution in [0.15, 0.2) is 79.0 Å². The first-order valence-corrected chi connectivity index (χ1v) is 10.3. The number of carbonyl (C=O) groups excluding carboxylic acids is 2. The van der Waals surface area contributed by atoms with Gasteiger partial charge < -0.3 is 15.5 Å². The topological polar surface area (TPSA) is 127 Å². The van der Waals surface area contributed by atoms with Gasteiger partial charge in [0.1, 0.15) is 23.6 Å². The zero-order valence-corrected chi connectivity index (χ0v) is 17.7. The number of carbonyl (C=O) groups is 2. The number of nitrogens with two attached hydrogens (primary N) is 1. The molecule has 2 heterocycles. The molecular weight excluding hydrogens is 430 g/mol. The average molecular weight is 447 g/mol. The highest BCUT2D eigenvalue weighted by molar-refractivity contribution is 6.12. The number of nitrogens with zero attached hydrogens (tertiary/aromatic N) is 3. The fourth-order valence-electron chi connectivity index (χ4n) is 3.65. The van der Waals surface area contributed by atoms with Gasteiger partial charge in [0.15, 0.2) is 0 Å². The number of H-pyrrole nitrogens is 1. The minimum Gasteiger partial charge on any atom is -0.457 e. The predicted molar refractivity (Wildman–Crippen MR) is 126 cm³/mol. The first-order valence-electron chi connectivity index (χ1n) is 10.3. The van der Waals surface area contributed by atoms with Gasteiger partial charge in [0.2, 0.25) is 5.78 Å². The molecule has 3 N–H and O–H groups in total. The largest absolute Gasteiger partial charge is 0.457 e. The van der Waals surface area contributed by atoms with Crippen LogP contribution in [-0.4, -0.2) is 26.8 Å². The zero-order chi connectivity index (χ0) is 23.7. The van der Waals surface area contributed by atoms with Crippen LogP contribution in [0.1, 0.15) is 32.0 Å². The average Bonchev–Trinajstić information content (AvgIpc) is 3.47. The maximum absolute atomic E-state index is 13.1. The molecule has 0 fully saturated rings. The molecule has 0 spiro atoms. The number of benzene rings is 3. The number of aromatic amines is 1. The number of nitriles is 1. The van der Waals surface area contributed by atoms with Crippen molar-refractivity contribution in [2.75, 3.05) is 5.73 Å². The quantitative estimate of drug-likeness (QED) is 0.288. The second kappa shape index (κ2) is 8.41. The number of hydrogen-bond acceptors (Lipinski definition) is 6. The van der Waals surface area contributed by atoms with Crippen molar-refractivity contribution in [3.63, 3.8) is 0 Å². The van der Waals surface area contributed by atoms with Gasteiger partial charge in [0, 0.05) is 16.5 Å². The molecule has 0 atom stereocenters. The number of nitrogens with one attached hydrogen (secondary N) is 1. The van der Waals surface area contributed by atoms with Gasteiger partial charge in [-0.15, -0.1) is 0 Å². The number of aldehydes is 1. The van der Waals surface area contributed by atoms with Crippen LogP contribution in [-0.2, 0) is 0 Å². The van der Waals surface area contributed by atoms with Crippen LogP contribution in [0.5, 0.6) is 11.5 Å². The van der Waals surface area contributed by atoms with Gasteiger partial charge in [-0.2, -0.15) is 10.4 Å². The molecule has 8 heteroatoms. The van der Waals surface area contributed by atoms with Crippen LogP contribution in [0.25, 0.3) is 16.6 Å². The van der Waals surface area contributed by atoms with E-state index in [1.165, 1.54) is 10.9 Å². The second-order valence-corrected chi connectivity index (χ2v) is 7.57. The van der Waals surface area contributed by atoms with Gasteiger partial charge in [0.05, 0.1) is 34.8 Å². The summed E-state index contributed by atoms with van der Waals surface area (Å²) in [6, 6.07) is 22.8. The smallest absolute Gasteiger partial charge is 0.214 e. The van der Waals surface area contributed by atoms with Gasteiger partial charge in [-0.3, -0.25) is 9.59 Å². The maximum atomic E-state index is 13.1. The lowest BCUT2D eigenvalue weighted by molar-refractivity contribution is 0.103. The predicted octanol–water partition coefficient (Wildman–Crippen LogP) is 4.64. The zero-order valence-electron chi connectivity index (χ0n) is 17.7. The fourth-order valence-corrected chi connectivity index (χ4v) is 3.65. The molecule has 164 valence electrons. The van der Waals surface area contributed by atoms with E-state index in [4.69, 9.17) is 15.7 Å². The van der Waals surface area contributed by atoms with Gasteiger partial charge in [-0.25, -0.2) is 4.68 Å². The maximum Gasteiger partial charge on any atom is 0.214 e. The van der Waals surface area contributed by atoms with Gasteiger partial charge >= 0.3 is 0 Å². The number of aromatic nitrogens is 3. The number of nitrogen functional groups attached to an aromatic ring is 1. The molecule has 0 aliphatic heterocycles. The van der Waals surface area contributed by atoms with Crippen molar-refractivity contribution < 1.29 is 14.3 Å². The number of ether oxygens (including phenoxy) is 1. The molecular formula is C26H17N5O3. The van der Waals surface area contributed by atoms with E-state index in [0.29, 0.717) is 34.0 Å². The summed E-state index contributed by atoms with van der Waals surface area (Å²) < 4.78 is 7.27. The molecule has 0 bridgehead atoms.